The minimum atomic E-state index is -5.15. The van der Waals surface area contributed by atoms with Gasteiger partial charge in [0.15, 0.2) is 0 Å². The molecule has 1 aromatic rings. The zero-order chi connectivity index (χ0) is 16.2. The van der Waals surface area contributed by atoms with E-state index < -0.39 is 47.4 Å². The maximum Gasteiger partial charge on any atom is 0.417 e. The smallest absolute Gasteiger partial charge is 0.417 e. The number of aromatic nitrogens is 1. The molecule has 4 nitrogen and oxygen atoms in total. The SMILES string of the molecule is CCOC(=O)Cc1cnc(C#N)c(C(F)F)c1C(F)(F)F. The van der Waals surface area contributed by atoms with E-state index in [0.717, 1.165) is 0 Å². The standard InChI is InChI=1S/C12H9F5N2O2/c1-2-21-8(20)3-6-5-19-7(4-18)9(11(13)14)10(6)12(15,16)17/h5,11H,2-3H2,1H3. The van der Waals surface area contributed by atoms with Gasteiger partial charge in [-0.25, -0.2) is 13.8 Å². The lowest BCUT2D eigenvalue weighted by Gasteiger charge is -2.17. The monoisotopic (exact) mass is 308 g/mol. The summed E-state index contributed by atoms with van der Waals surface area (Å²) in [5, 5.41) is 8.61. The van der Waals surface area contributed by atoms with Gasteiger partial charge in [0.1, 0.15) is 11.8 Å². The predicted octanol–water partition coefficient (Wildman–Crippen LogP) is 3.02. The third kappa shape index (κ3) is 3.87. The van der Waals surface area contributed by atoms with Crippen molar-refractivity contribution in [1.82, 2.24) is 4.98 Å². The number of nitrogens with zero attached hydrogens (tertiary/aromatic N) is 2. The first-order valence-corrected chi connectivity index (χ1v) is 5.65. The molecule has 0 bridgehead atoms. The highest BCUT2D eigenvalue weighted by molar-refractivity contribution is 5.73. The molecule has 0 unspecified atom stereocenters. The Kier molecular flexibility index (Phi) is 5.18. The van der Waals surface area contributed by atoms with Crippen molar-refractivity contribution in [2.24, 2.45) is 0 Å². The van der Waals surface area contributed by atoms with Crippen molar-refractivity contribution < 1.29 is 31.5 Å². The number of rotatable bonds is 4. The number of carbonyl (C=O) groups excluding carboxylic acids is 1. The van der Waals surface area contributed by atoms with Gasteiger partial charge < -0.3 is 4.74 Å². The van der Waals surface area contributed by atoms with Gasteiger partial charge in [-0.05, 0) is 12.5 Å². The van der Waals surface area contributed by atoms with Gasteiger partial charge in [-0.1, -0.05) is 0 Å². The van der Waals surface area contributed by atoms with Crippen LogP contribution in [-0.2, 0) is 22.1 Å². The summed E-state index contributed by atoms with van der Waals surface area (Å²) in [6, 6.07) is 1.19. The summed E-state index contributed by atoms with van der Waals surface area (Å²) in [4.78, 5) is 14.5. The average Bonchev–Trinajstić information content (AvgIpc) is 2.36. The van der Waals surface area contributed by atoms with E-state index in [9.17, 15) is 26.7 Å². The number of hydrogen-bond donors (Lipinski definition) is 0. The van der Waals surface area contributed by atoms with Crippen LogP contribution in [0.4, 0.5) is 22.0 Å². The maximum absolute atomic E-state index is 13.0. The van der Waals surface area contributed by atoms with Crippen LogP contribution in [0.15, 0.2) is 6.20 Å². The van der Waals surface area contributed by atoms with Crippen LogP contribution in [0.25, 0.3) is 0 Å². The van der Waals surface area contributed by atoms with Crippen LogP contribution in [-0.4, -0.2) is 17.6 Å². The molecule has 1 rings (SSSR count). The summed E-state index contributed by atoms with van der Waals surface area (Å²) in [6.45, 7) is 1.38. The molecule has 114 valence electrons. The Morgan fingerprint density at radius 1 is 1.48 bits per heavy atom. The van der Waals surface area contributed by atoms with Gasteiger partial charge in [0.2, 0.25) is 0 Å². The summed E-state index contributed by atoms with van der Waals surface area (Å²) in [5.41, 5.74) is -5.01. The van der Waals surface area contributed by atoms with E-state index in [-0.39, 0.29) is 6.61 Å². The number of halogens is 5. The van der Waals surface area contributed by atoms with Crippen molar-refractivity contribution in [1.29, 1.82) is 5.26 Å². The molecule has 0 aliphatic carbocycles. The molecule has 1 heterocycles. The highest BCUT2D eigenvalue weighted by Crippen LogP contribution is 2.39. The number of hydrogen-bond acceptors (Lipinski definition) is 4. The third-order valence-corrected chi connectivity index (χ3v) is 2.44. The lowest BCUT2D eigenvalue weighted by atomic mass is 9.99. The van der Waals surface area contributed by atoms with Gasteiger partial charge in [0.25, 0.3) is 6.43 Å². The van der Waals surface area contributed by atoms with Crippen LogP contribution in [0.1, 0.15) is 35.7 Å². The highest BCUT2D eigenvalue weighted by Gasteiger charge is 2.40. The number of carbonyl (C=O) groups is 1. The summed E-state index contributed by atoms with van der Waals surface area (Å²) in [7, 11) is 0. The molecule has 0 saturated heterocycles. The molecule has 1 aromatic heterocycles. The van der Waals surface area contributed by atoms with Crippen molar-refractivity contribution >= 4 is 5.97 Å². The van der Waals surface area contributed by atoms with Crippen molar-refractivity contribution in [3.8, 4) is 6.07 Å². The van der Waals surface area contributed by atoms with Crippen LogP contribution >= 0.6 is 0 Å². The van der Waals surface area contributed by atoms with Gasteiger partial charge in [0, 0.05) is 6.20 Å². The van der Waals surface area contributed by atoms with Crippen molar-refractivity contribution in [2.75, 3.05) is 6.61 Å². The number of alkyl halides is 5. The number of esters is 1. The first-order valence-electron chi connectivity index (χ1n) is 5.65. The quantitative estimate of drug-likeness (QED) is 0.633. The van der Waals surface area contributed by atoms with Crippen LogP contribution in [0.3, 0.4) is 0 Å². The van der Waals surface area contributed by atoms with E-state index in [1.54, 1.807) is 0 Å². The Hall–Kier alpha value is -2.24. The predicted molar refractivity (Wildman–Crippen MR) is 59.2 cm³/mol. The summed E-state index contributed by atoms with van der Waals surface area (Å²) >= 11 is 0. The average molecular weight is 308 g/mol. The maximum atomic E-state index is 13.0. The summed E-state index contributed by atoms with van der Waals surface area (Å²) in [6.07, 6.45) is -8.97. The van der Waals surface area contributed by atoms with E-state index in [0.29, 0.717) is 6.20 Å². The molecule has 0 saturated carbocycles. The first kappa shape index (κ1) is 16.8. The van der Waals surface area contributed by atoms with Gasteiger partial charge >= 0.3 is 12.1 Å². The molecule has 0 aromatic carbocycles. The molecule has 0 N–H and O–H groups in total. The van der Waals surface area contributed by atoms with Gasteiger partial charge in [-0.2, -0.15) is 18.4 Å². The fraction of sp³-hybridized carbons (Fsp3) is 0.417. The second kappa shape index (κ2) is 6.47. The first-order chi connectivity index (χ1) is 9.72. The molecular formula is C12H9F5N2O2. The zero-order valence-electron chi connectivity index (χ0n) is 10.7. The normalized spacial score (nSPS) is 11.3. The van der Waals surface area contributed by atoms with Crippen LogP contribution < -0.4 is 0 Å². The van der Waals surface area contributed by atoms with Gasteiger partial charge in [-0.15, -0.1) is 0 Å². The third-order valence-electron chi connectivity index (χ3n) is 2.44. The van der Waals surface area contributed by atoms with E-state index in [2.05, 4.69) is 9.72 Å². The largest absolute Gasteiger partial charge is 0.466 e. The lowest BCUT2D eigenvalue weighted by molar-refractivity contribution is -0.144. The van der Waals surface area contributed by atoms with Crippen molar-refractivity contribution in [2.45, 2.75) is 25.9 Å². The molecule has 21 heavy (non-hydrogen) atoms. The van der Waals surface area contributed by atoms with Gasteiger partial charge in [-0.3, -0.25) is 4.79 Å². The molecule has 0 amide bonds. The number of nitriles is 1. The van der Waals surface area contributed by atoms with Crippen molar-refractivity contribution in [3.63, 3.8) is 0 Å². The van der Waals surface area contributed by atoms with Crippen LogP contribution in [0, 0.1) is 11.3 Å². The molecule has 0 fully saturated rings. The fourth-order valence-corrected chi connectivity index (χ4v) is 1.71. The van der Waals surface area contributed by atoms with Gasteiger partial charge in [0.05, 0.1) is 24.2 Å². The molecule has 0 radical (unpaired) electrons. The number of ether oxygens (including phenoxy) is 1. The van der Waals surface area contributed by atoms with Crippen LogP contribution in [0.5, 0.6) is 0 Å². The second-order valence-electron chi connectivity index (χ2n) is 3.81. The molecule has 0 aliphatic heterocycles. The Morgan fingerprint density at radius 2 is 2.10 bits per heavy atom. The van der Waals surface area contributed by atoms with Crippen molar-refractivity contribution in [3.05, 3.63) is 28.6 Å². The zero-order valence-corrected chi connectivity index (χ0v) is 10.7. The Labute approximate surface area is 116 Å². The Balaban J connectivity index is 3.49. The summed E-state index contributed by atoms with van der Waals surface area (Å²) < 4.78 is 69.2. The number of pyridine rings is 1. The van der Waals surface area contributed by atoms with E-state index >= 15 is 0 Å². The molecular weight excluding hydrogens is 299 g/mol. The summed E-state index contributed by atoms with van der Waals surface area (Å²) in [5.74, 6) is -1.00. The minimum absolute atomic E-state index is 0.0639. The second-order valence-corrected chi connectivity index (χ2v) is 3.81. The topological polar surface area (TPSA) is 63.0 Å². The Morgan fingerprint density at radius 3 is 2.52 bits per heavy atom. The molecule has 0 aliphatic rings. The lowest BCUT2D eigenvalue weighted by Crippen LogP contribution is -2.19. The minimum Gasteiger partial charge on any atom is -0.466 e. The molecule has 9 heteroatoms. The van der Waals surface area contributed by atoms with Crippen LogP contribution in [0.2, 0.25) is 0 Å². The molecule has 0 spiro atoms. The fourth-order valence-electron chi connectivity index (χ4n) is 1.71. The van der Waals surface area contributed by atoms with E-state index in [1.165, 1.54) is 13.0 Å². The van der Waals surface area contributed by atoms with E-state index in [1.807, 2.05) is 0 Å². The molecule has 0 atom stereocenters. The van der Waals surface area contributed by atoms with E-state index in [4.69, 9.17) is 5.26 Å². The highest BCUT2D eigenvalue weighted by atomic mass is 19.4. The Bertz CT molecular complexity index is 578.